The molecule has 218 valence electrons. The second kappa shape index (κ2) is 11.2. The molecule has 2 bridgehead atoms. The smallest absolute Gasteiger partial charge is 0.259 e. The maximum Gasteiger partial charge on any atom is 0.259 e. The fourth-order valence-electron chi connectivity index (χ4n) is 7.49. The Bertz CT molecular complexity index is 1320. The van der Waals surface area contributed by atoms with Gasteiger partial charge in [-0.1, -0.05) is 38.0 Å². The quantitative estimate of drug-likeness (QED) is 0.533. The molecule has 1 aliphatic carbocycles. The highest BCUT2D eigenvalue weighted by Crippen LogP contribution is 2.48. The zero-order chi connectivity index (χ0) is 28.7. The van der Waals surface area contributed by atoms with Crippen molar-refractivity contribution in [3.05, 3.63) is 48.0 Å². The molecule has 3 heterocycles. The molecule has 4 aliphatic rings. The molecule has 4 unspecified atom stereocenters. The Hall–Kier alpha value is -3.23. The van der Waals surface area contributed by atoms with Crippen LogP contribution in [0.2, 0.25) is 0 Å². The van der Waals surface area contributed by atoms with Crippen LogP contribution in [0.15, 0.2) is 42.5 Å². The van der Waals surface area contributed by atoms with Crippen LogP contribution in [0.5, 0.6) is 0 Å². The van der Waals surface area contributed by atoms with Gasteiger partial charge in [-0.25, -0.2) is 0 Å². The van der Waals surface area contributed by atoms with Gasteiger partial charge in [0.15, 0.2) is 0 Å². The van der Waals surface area contributed by atoms with Crippen LogP contribution >= 0.6 is 0 Å². The molecule has 3 amide bonds. The van der Waals surface area contributed by atoms with Crippen LogP contribution in [0.1, 0.15) is 63.2 Å². The molecule has 8 nitrogen and oxygen atoms in total. The number of hydrogen-bond acceptors (Lipinski definition) is 5. The minimum atomic E-state index is -0.803. The van der Waals surface area contributed by atoms with Crippen molar-refractivity contribution in [1.82, 2.24) is 4.90 Å². The molecule has 0 radical (unpaired) electrons. The van der Waals surface area contributed by atoms with E-state index in [2.05, 4.69) is 6.92 Å². The topological polar surface area (TPSA) is 79.4 Å². The standard InChI is InChI=1S/C33H41N3O5/c1-4-28-7-5-6-24-19-33(28,41-21-24)32(39)35-20-22(2)36(23(3)37)29-13-12-27(18-30(29)35)25-8-10-26(11-9-25)31(38)34-14-16-40-17-15-34/h8-13,18,22,24,28H,4-7,14-17,19-21H2,1-3H3. The lowest BCUT2D eigenvalue weighted by Gasteiger charge is -2.45. The maximum absolute atomic E-state index is 14.6. The minimum absolute atomic E-state index is 0.0103. The first-order chi connectivity index (χ1) is 19.8. The summed E-state index contributed by atoms with van der Waals surface area (Å²) in [6.45, 7) is 9.16. The molecule has 8 heteroatoms. The summed E-state index contributed by atoms with van der Waals surface area (Å²) in [5.74, 6) is 0.619. The lowest BCUT2D eigenvalue weighted by atomic mass is 9.79. The third kappa shape index (κ3) is 4.95. The summed E-state index contributed by atoms with van der Waals surface area (Å²) in [6.07, 6.45) is 4.94. The second-order valence-corrected chi connectivity index (χ2v) is 12.1. The van der Waals surface area contributed by atoms with E-state index in [-0.39, 0.29) is 29.7 Å². The fraction of sp³-hybridized carbons (Fsp3) is 0.545. The summed E-state index contributed by atoms with van der Waals surface area (Å²) < 4.78 is 11.9. The highest BCUT2D eigenvalue weighted by atomic mass is 16.5. The van der Waals surface area contributed by atoms with E-state index in [1.54, 1.807) is 11.8 Å². The van der Waals surface area contributed by atoms with Crippen molar-refractivity contribution in [2.45, 2.75) is 64.5 Å². The molecule has 0 N–H and O–H groups in total. The van der Waals surface area contributed by atoms with E-state index >= 15 is 0 Å². The number of amides is 3. The molecule has 2 aromatic rings. The number of carbonyl (C=O) groups is 3. The Balaban J connectivity index is 1.35. The predicted molar refractivity (Wildman–Crippen MR) is 158 cm³/mol. The zero-order valence-electron chi connectivity index (χ0n) is 24.4. The van der Waals surface area contributed by atoms with Crippen molar-refractivity contribution in [3.8, 4) is 11.1 Å². The zero-order valence-corrected chi connectivity index (χ0v) is 24.4. The summed E-state index contributed by atoms with van der Waals surface area (Å²) >= 11 is 0. The van der Waals surface area contributed by atoms with Crippen molar-refractivity contribution < 1.29 is 23.9 Å². The van der Waals surface area contributed by atoms with E-state index in [1.807, 2.05) is 59.2 Å². The number of anilines is 2. The van der Waals surface area contributed by atoms with Gasteiger partial charge in [0.05, 0.1) is 37.2 Å². The molecule has 2 saturated heterocycles. The monoisotopic (exact) mass is 559 g/mol. The molecule has 4 atom stereocenters. The first-order valence-electron chi connectivity index (χ1n) is 15.2. The number of rotatable bonds is 4. The van der Waals surface area contributed by atoms with Crippen molar-refractivity contribution in [1.29, 1.82) is 0 Å². The average molecular weight is 560 g/mol. The van der Waals surface area contributed by atoms with E-state index in [9.17, 15) is 14.4 Å². The Labute approximate surface area is 242 Å². The van der Waals surface area contributed by atoms with Crippen molar-refractivity contribution in [2.75, 3.05) is 49.3 Å². The third-order valence-corrected chi connectivity index (χ3v) is 9.61. The van der Waals surface area contributed by atoms with Gasteiger partial charge in [-0.05, 0) is 73.4 Å². The van der Waals surface area contributed by atoms with Gasteiger partial charge < -0.3 is 24.2 Å². The Morgan fingerprint density at radius 2 is 1.71 bits per heavy atom. The van der Waals surface area contributed by atoms with Crippen molar-refractivity contribution in [3.63, 3.8) is 0 Å². The van der Waals surface area contributed by atoms with Gasteiger partial charge in [0.2, 0.25) is 5.91 Å². The molecular formula is C33H41N3O5. The number of nitrogens with zero attached hydrogens (tertiary/aromatic N) is 3. The fourth-order valence-corrected chi connectivity index (χ4v) is 7.49. The molecule has 3 aliphatic heterocycles. The molecule has 2 aromatic carbocycles. The normalized spacial score (nSPS) is 27.8. The van der Waals surface area contributed by atoms with Gasteiger partial charge in [0, 0.05) is 32.1 Å². The summed E-state index contributed by atoms with van der Waals surface area (Å²) in [5, 5.41) is 0. The largest absolute Gasteiger partial charge is 0.378 e. The summed E-state index contributed by atoms with van der Waals surface area (Å²) in [7, 11) is 0. The number of ether oxygens (including phenoxy) is 2. The Morgan fingerprint density at radius 1 is 0.976 bits per heavy atom. The second-order valence-electron chi connectivity index (χ2n) is 12.1. The van der Waals surface area contributed by atoms with Crippen LogP contribution < -0.4 is 9.80 Å². The minimum Gasteiger partial charge on any atom is -0.378 e. The molecule has 1 saturated carbocycles. The van der Waals surface area contributed by atoms with E-state index in [1.165, 1.54) is 0 Å². The summed E-state index contributed by atoms with van der Waals surface area (Å²) in [6, 6.07) is 13.5. The number of hydrogen-bond donors (Lipinski definition) is 0. The number of morpholine rings is 1. The molecular weight excluding hydrogens is 518 g/mol. The SMILES string of the molecule is CCC1CCCC2COC1(C(=O)N1CC(C)N(C(C)=O)c3ccc(-c4ccc(C(=O)N5CCOCC5)cc4)cc31)C2. The van der Waals surface area contributed by atoms with Gasteiger partial charge in [0.1, 0.15) is 5.60 Å². The third-order valence-electron chi connectivity index (χ3n) is 9.61. The van der Waals surface area contributed by atoms with Gasteiger partial charge in [-0.3, -0.25) is 14.4 Å². The Morgan fingerprint density at radius 3 is 2.41 bits per heavy atom. The Kier molecular flexibility index (Phi) is 7.64. The van der Waals surface area contributed by atoms with E-state index in [4.69, 9.17) is 9.47 Å². The lowest BCUT2D eigenvalue weighted by Crippen LogP contribution is -2.59. The molecule has 6 rings (SSSR count). The predicted octanol–water partition coefficient (Wildman–Crippen LogP) is 4.90. The van der Waals surface area contributed by atoms with Gasteiger partial charge in [-0.2, -0.15) is 0 Å². The van der Waals surface area contributed by atoms with Gasteiger partial charge in [-0.15, -0.1) is 0 Å². The van der Waals surface area contributed by atoms with E-state index in [0.29, 0.717) is 50.9 Å². The maximum atomic E-state index is 14.6. The van der Waals surface area contributed by atoms with Crippen LogP contribution in [0, 0.1) is 11.8 Å². The van der Waals surface area contributed by atoms with Crippen LogP contribution in [-0.2, 0) is 19.1 Å². The summed E-state index contributed by atoms with van der Waals surface area (Å²) in [4.78, 5) is 45.8. The molecule has 41 heavy (non-hydrogen) atoms. The highest BCUT2D eigenvalue weighted by Gasteiger charge is 2.55. The molecule has 3 fully saturated rings. The number of benzene rings is 2. The average Bonchev–Trinajstić information content (AvgIpc) is 3.33. The van der Waals surface area contributed by atoms with Gasteiger partial charge >= 0.3 is 0 Å². The lowest BCUT2D eigenvalue weighted by molar-refractivity contribution is -0.146. The van der Waals surface area contributed by atoms with Crippen LogP contribution in [0.4, 0.5) is 11.4 Å². The number of fused-ring (bicyclic) bond motifs is 3. The first kappa shape index (κ1) is 27.9. The summed E-state index contributed by atoms with van der Waals surface area (Å²) in [5.41, 5.74) is 3.22. The molecule has 0 spiro atoms. The van der Waals surface area contributed by atoms with Crippen molar-refractivity contribution in [2.24, 2.45) is 11.8 Å². The highest BCUT2D eigenvalue weighted by molar-refractivity contribution is 6.07. The first-order valence-corrected chi connectivity index (χ1v) is 15.2. The van der Waals surface area contributed by atoms with Crippen LogP contribution in [0.3, 0.4) is 0 Å². The molecule has 0 aromatic heterocycles. The number of carbonyl (C=O) groups excluding carboxylic acids is 3. The van der Waals surface area contributed by atoms with Crippen LogP contribution in [-0.4, -0.2) is 73.7 Å². The van der Waals surface area contributed by atoms with E-state index < -0.39 is 5.60 Å². The van der Waals surface area contributed by atoms with E-state index in [0.717, 1.165) is 54.6 Å². The van der Waals surface area contributed by atoms with Crippen molar-refractivity contribution >= 4 is 29.1 Å². The van der Waals surface area contributed by atoms with Gasteiger partial charge in [0.25, 0.3) is 11.8 Å². The van der Waals surface area contributed by atoms with Crippen LogP contribution in [0.25, 0.3) is 11.1 Å².